The fourth-order valence-corrected chi connectivity index (χ4v) is 5.46. The van der Waals surface area contributed by atoms with Crippen LogP contribution in [0.4, 0.5) is 27.4 Å². The number of anilines is 4. The maximum atomic E-state index is 14.0. The number of halogens is 1. The Bertz CT molecular complexity index is 1430. The Kier molecular flexibility index (Phi) is 5.35. The van der Waals surface area contributed by atoms with Crippen LogP contribution < -0.4 is 19.7 Å². The average molecular weight is 484 g/mol. The number of ether oxygens (including phenoxy) is 1. The highest BCUT2D eigenvalue weighted by Gasteiger charge is 2.29. The van der Waals surface area contributed by atoms with Gasteiger partial charge in [0.2, 0.25) is 16.0 Å². The summed E-state index contributed by atoms with van der Waals surface area (Å²) in [5.74, 6) is 0.117. The number of rotatable bonds is 5. The van der Waals surface area contributed by atoms with Crippen LogP contribution in [-0.4, -0.2) is 37.4 Å². The number of fused-ring (bicyclic) bond motifs is 3. The number of amides is 1. The zero-order valence-corrected chi connectivity index (χ0v) is 19.4. The van der Waals surface area contributed by atoms with E-state index in [0.29, 0.717) is 58.4 Å². The molecule has 2 aromatic heterocycles. The molecule has 0 saturated heterocycles. The van der Waals surface area contributed by atoms with Crippen LogP contribution in [0.2, 0.25) is 0 Å². The number of pyridine rings is 2. The summed E-state index contributed by atoms with van der Waals surface area (Å²) in [7, 11) is -3.38. The second-order valence-electron chi connectivity index (χ2n) is 8.12. The summed E-state index contributed by atoms with van der Waals surface area (Å²) >= 11 is 0. The second-order valence-corrected chi connectivity index (χ2v) is 9.84. The van der Waals surface area contributed by atoms with Crippen molar-refractivity contribution in [2.24, 2.45) is 0 Å². The molecule has 2 aliphatic heterocycles. The van der Waals surface area contributed by atoms with Gasteiger partial charge in [0.15, 0.2) is 5.82 Å². The van der Waals surface area contributed by atoms with Crippen LogP contribution in [0, 0.1) is 12.9 Å². The Hall–Kier alpha value is -3.73. The van der Waals surface area contributed by atoms with Gasteiger partial charge in [-0.2, -0.15) is 9.37 Å². The Morgan fingerprint density at radius 1 is 1.24 bits per heavy atom. The molecule has 2 aliphatic rings. The predicted molar refractivity (Wildman–Crippen MR) is 126 cm³/mol. The van der Waals surface area contributed by atoms with Gasteiger partial charge in [-0.15, -0.1) is 0 Å². The molecular formula is C23H22FN5O4S. The van der Waals surface area contributed by atoms with Gasteiger partial charge in [-0.25, -0.2) is 13.4 Å². The second kappa shape index (κ2) is 8.24. The minimum absolute atomic E-state index is 0.124. The van der Waals surface area contributed by atoms with E-state index in [1.807, 2.05) is 6.92 Å². The van der Waals surface area contributed by atoms with Crippen LogP contribution in [0.25, 0.3) is 0 Å². The largest absolute Gasteiger partial charge is 0.493 e. The monoisotopic (exact) mass is 483 g/mol. The molecule has 0 radical (unpaired) electrons. The molecule has 9 nitrogen and oxygen atoms in total. The minimum atomic E-state index is -3.38. The zero-order valence-electron chi connectivity index (χ0n) is 18.6. The number of benzene rings is 1. The standard InChI is InChI=1S/C23H22FN5O4S/c1-3-29-21-15(23(30)27-20-13(2)9-19(24)26-22(20)29)10-14(11-25-21)7-8-33-18-6-4-5-17-16(18)12-34(31,32)28-17/h4-6,9-11,28H,3,7-8,12H2,1-2H3,(H,27,30). The lowest BCUT2D eigenvalue weighted by molar-refractivity contribution is 0.102. The van der Waals surface area contributed by atoms with Gasteiger partial charge in [-0.1, -0.05) is 6.07 Å². The summed E-state index contributed by atoms with van der Waals surface area (Å²) in [6.07, 6.45) is 2.10. The highest BCUT2D eigenvalue weighted by molar-refractivity contribution is 7.92. The molecule has 176 valence electrons. The van der Waals surface area contributed by atoms with Crippen molar-refractivity contribution in [3.05, 3.63) is 64.7 Å². The molecule has 1 amide bonds. The normalized spacial score (nSPS) is 15.5. The van der Waals surface area contributed by atoms with E-state index in [-0.39, 0.29) is 18.3 Å². The van der Waals surface area contributed by atoms with E-state index >= 15 is 0 Å². The molecule has 3 aromatic rings. The topological polar surface area (TPSA) is 114 Å². The van der Waals surface area contributed by atoms with Crippen molar-refractivity contribution >= 4 is 38.9 Å². The molecule has 0 bridgehead atoms. The van der Waals surface area contributed by atoms with Crippen molar-refractivity contribution in [1.82, 2.24) is 9.97 Å². The van der Waals surface area contributed by atoms with Crippen LogP contribution in [-0.2, 0) is 22.2 Å². The smallest absolute Gasteiger partial charge is 0.259 e. The van der Waals surface area contributed by atoms with E-state index in [2.05, 4.69) is 20.0 Å². The highest BCUT2D eigenvalue weighted by atomic mass is 32.2. The van der Waals surface area contributed by atoms with Gasteiger partial charge in [-0.3, -0.25) is 9.52 Å². The summed E-state index contributed by atoms with van der Waals surface area (Å²) < 4.78 is 46.1. The molecule has 11 heteroatoms. The van der Waals surface area contributed by atoms with E-state index in [4.69, 9.17) is 4.74 Å². The first-order chi connectivity index (χ1) is 16.3. The molecule has 2 N–H and O–H groups in total. The summed E-state index contributed by atoms with van der Waals surface area (Å²) in [5, 5.41) is 2.84. The quantitative estimate of drug-likeness (QED) is 0.534. The van der Waals surface area contributed by atoms with E-state index in [0.717, 1.165) is 5.56 Å². The molecule has 0 atom stereocenters. The molecule has 4 heterocycles. The third-order valence-electron chi connectivity index (χ3n) is 5.78. The molecular weight excluding hydrogens is 461 g/mol. The number of aryl methyl sites for hydroxylation is 1. The van der Waals surface area contributed by atoms with Gasteiger partial charge in [-0.05, 0) is 49.2 Å². The van der Waals surface area contributed by atoms with Gasteiger partial charge in [0, 0.05) is 24.7 Å². The number of sulfonamides is 1. The molecule has 0 unspecified atom stereocenters. The Balaban J connectivity index is 1.38. The third kappa shape index (κ3) is 3.92. The lowest BCUT2D eigenvalue weighted by atomic mass is 10.1. The Morgan fingerprint density at radius 3 is 2.85 bits per heavy atom. The number of aromatic nitrogens is 2. The maximum Gasteiger partial charge on any atom is 0.259 e. The van der Waals surface area contributed by atoms with Crippen LogP contribution in [0.15, 0.2) is 36.5 Å². The van der Waals surface area contributed by atoms with Gasteiger partial charge >= 0.3 is 0 Å². The molecule has 0 fully saturated rings. The maximum absolute atomic E-state index is 14.0. The van der Waals surface area contributed by atoms with E-state index in [1.54, 1.807) is 42.3 Å². The molecule has 5 rings (SSSR count). The number of carbonyl (C=O) groups is 1. The SMILES string of the molecule is CCN1c2ncc(CCOc3cccc4c3CS(=O)(=O)N4)cc2C(=O)Nc2c(C)cc(F)nc21. The van der Waals surface area contributed by atoms with Crippen LogP contribution in [0.1, 0.15) is 34.0 Å². The average Bonchev–Trinajstić information content (AvgIpc) is 3.05. The van der Waals surface area contributed by atoms with Crippen molar-refractivity contribution in [3.63, 3.8) is 0 Å². The lowest BCUT2D eigenvalue weighted by Gasteiger charge is -2.22. The highest BCUT2D eigenvalue weighted by Crippen LogP contribution is 2.38. The molecule has 0 saturated carbocycles. The van der Waals surface area contributed by atoms with Crippen LogP contribution >= 0.6 is 0 Å². The van der Waals surface area contributed by atoms with Gasteiger partial charge in [0.1, 0.15) is 11.6 Å². The number of hydrogen-bond donors (Lipinski definition) is 2. The predicted octanol–water partition coefficient (Wildman–Crippen LogP) is 3.52. The first kappa shape index (κ1) is 22.1. The van der Waals surface area contributed by atoms with Crippen molar-refractivity contribution in [3.8, 4) is 5.75 Å². The van der Waals surface area contributed by atoms with Crippen molar-refractivity contribution in [1.29, 1.82) is 0 Å². The van der Waals surface area contributed by atoms with Crippen molar-refractivity contribution in [2.45, 2.75) is 26.0 Å². The number of carbonyl (C=O) groups excluding carboxylic acids is 1. The number of nitrogens with zero attached hydrogens (tertiary/aromatic N) is 3. The third-order valence-corrected chi connectivity index (χ3v) is 6.98. The van der Waals surface area contributed by atoms with Crippen LogP contribution in [0.5, 0.6) is 5.75 Å². The minimum Gasteiger partial charge on any atom is -0.493 e. The molecule has 1 aromatic carbocycles. The van der Waals surface area contributed by atoms with Gasteiger partial charge in [0.25, 0.3) is 5.91 Å². The first-order valence-corrected chi connectivity index (χ1v) is 12.4. The molecule has 0 spiro atoms. The summed E-state index contributed by atoms with van der Waals surface area (Å²) in [4.78, 5) is 23.2. The van der Waals surface area contributed by atoms with Crippen molar-refractivity contribution < 1.29 is 22.3 Å². The summed E-state index contributed by atoms with van der Waals surface area (Å²) in [6.45, 7) is 4.30. The van der Waals surface area contributed by atoms with E-state index in [1.165, 1.54) is 6.07 Å². The summed E-state index contributed by atoms with van der Waals surface area (Å²) in [6, 6.07) is 8.17. The zero-order chi connectivity index (χ0) is 24.0. The van der Waals surface area contributed by atoms with E-state index < -0.39 is 16.0 Å². The van der Waals surface area contributed by atoms with Gasteiger partial charge in [0.05, 0.1) is 29.3 Å². The Morgan fingerprint density at radius 2 is 2.06 bits per heavy atom. The first-order valence-electron chi connectivity index (χ1n) is 10.8. The molecule has 0 aliphatic carbocycles. The molecule has 34 heavy (non-hydrogen) atoms. The van der Waals surface area contributed by atoms with E-state index in [9.17, 15) is 17.6 Å². The Labute approximate surface area is 196 Å². The van der Waals surface area contributed by atoms with Gasteiger partial charge < -0.3 is 15.0 Å². The lowest BCUT2D eigenvalue weighted by Crippen LogP contribution is -2.20. The summed E-state index contributed by atoms with van der Waals surface area (Å²) in [5.41, 5.74) is 3.28. The fourth-order valence-electron chi connectivity index (χ4n) is 4.18. The van der Waals surface area contributed by atoms with Crippen molar-refractivity contribution in [2.75, 3.05) is 28.1 Å². The number of nitrogens with one attached hydrogen (secondary N) is 2. The van der Waals surface area contributed by atoms with Crippen LogP contribution in [0.3, 0.4) is 0 Å². The fraction of sp³-hybridized carbons (Fsp3) is 0.261. The number of hydrogen-bond acceptors (Lipinski definition) is 7.